The van der Waals surface area contributed by atoms with E-state index in [1.807, 2.05) is 20.8 Å². The molecule has 1 saturated carbocycles. The lowest BCUT2D eigenvalue weighted by Crippen LogP contribution is -2.59. The van der Waals surface area contributed by atoms with Crippen LogP contribution in [0.1, 0.15) is 112 Å². The van der Waals surface area contributed by atoms with E-state index in [0.29, 0.717) is 24.4 Å². The number of benzene rings is 1. The van der Waals surface area contributed by atoms with E-state index in [0.717, 1.165) is 32.1 Å². The van der Waals surface area contributed by atoms with E-state index in [1.165, 1.54) is 9.80 Å². The second-order valence-corrected chi connectivity index (χ2v) is 17.6. The number of ether oxygens (including phenoxy) is 1. The SMILES string of the molecule is CCC(C)C[C@@H]1CC(C(=O)NC(CC2CCC2)C(=O)C(=O)NCC(=O)NC(C(=O)N(C)C)c2ccccc2)N(C(=O)C(NC(=O)OC(C)(C)C)C(C)(C)C)C1. The Morgan fingerprint density at radius 1 is 0.891 bits per heavy atom. The van der Waals surface area contributed by atoms with Crippen LogP contribution in [-0.4, -0.2) is 102 Å². The molecule has 1 aromatic carbocycles. The van der Waals surface area contributed by atoms with Crippen LogP contribution in [0.2, 0.25) is 0 Å². The van der Waals surface area contributed by atoms with Crippen LogP contribution >= 0.6 is 0 Å². The van der Waals surface area contributed by atoms with Gasteiger partial charge in [-0.3, -0.25) is 28.8 Å². The molecule has 306 valence electrons. The third kappa shape index (κ3) is 13.3. The molecule has 1 aliphatic heterocycles. The maximum Gasteiger partial charge on any atom is 0.408 e. The Balaban J connectivity index is 1.79. The zero-order valence-electron chi connectivity index (χ0n) is 34.5. The molecule has 2 fully saturated rings. The number of amides is 6. The predicted molar refractivity (Wildman–Crippen MR) is 208 cm³/mol. The lowest BCUT2D eigenvalue weighted by Gasteiger charge is -2.36. The molecule has 1 aliphatic carbocycles. The standard InChI is InChI=1S/C41H64N6O8/c1-11-25(2)20-27-22-30(47(24-27)38(53)34(40(3,4)5)45-39(54)55-41(6,7)8)35(50)43-29(21-26-16-15-17-26)33(49)36(51)42-23-31(48)44-32(37(52)46(9)10)28-18-13-12-14-19-28/h12-14,18-19,25-27,29-30,32,34H,11,15-17,20-24H2,1-10H3,(H,42,51)(H,43,50)(H,44,48)(H,45,54)/t25?,27-,29?,30?,32?,34?/m1/s1. The first-order valence-electron chi connectivity index (χ1n) is 19.6. The second kappa shape index (κ2) is 19.4. The molecule has 1 aromatic rings. The monoisotopic (exact) mass is 768 g/mol. The van der Waals surface area contributed by atoms with Crippen molar-refractivity contribution in [1.29, 1.82) is 0 Å². The summed E-state index contributed by atoms with van der Waals surface area (Å²) in [5, 5.41) is 10.6. The molecule has 2 aliphatic rings. The van der Waals surface area contributed by atoms with Gasteiger partial charge in [-0.2, -0.15) is 0 Å². The molecule has 6 atom stereocenters. The number of hydrogen-bond acceptors (Lipinski definition) is 8. The molecule has 1 heterocycles. The van der Waals surface area contributed by atoms with Gasteiger partial charge in [0.25, 0.3) is 5.91 Å². The van der Waals surface area contributed by atoms with Crippen LogP contribution in [0.25, 0.3) is 0 Å². The van der Waals surface area contributed by atoms with Crippen molar-refractivity contribution in [2.24, 2.45) is 23.2 Å². The first kappa shape index (κ1) is 44.9. The van der Waals surface area contributed by atoms with Crippen molar-refractivity contribution in [2.45, 2.75) is 130 Å². The topological polar surface area (TPSA) is 183 Å². The van der Waals surface area contributed by atoms with Crippen LogP contribution in [0.4, 0.5) is 4.79 Å². The van der Waals surface area contributed by atoms with Gasteiger partial charge in [0.2, 0.25) is 29.4 Å². The Kier molecular flexibility index (Phi) is 15.8. The Labute approximate surface area is 326 Å². The Hall–Kier alpha value is -4.49. The van der Waals surface area contributed by atoms with Crippen molar-refractivity contribution in [3.63, 3.8) is 0 Å². The van der Waals surface area contributed by atoms with E-state index in [2.05, 4.69) is 35.1 Å². The number of ketones is 1. The zero-order chi connectivity index (χ0) is 41.2. The maximum atomic E-state index is 14.3. The number of nitrogens with one attached hydrogen (secondary N) is 4. The summed E-state index contributed by atoms with van der Waals surface area (Å²) < 4.78 is 5.47. The van der Waals surface area contributed by atoms with Crippen LogP contribution in [-0.2, 0) is 33.5 Å². The molecule has 14 nitrogen and oxygen atoms in total. The fraction of sp³-hybridized carbons (Fsp3) is 0.683. The molecule has 6 amide bonds. The number of carbonyl (C=O) groups is 7. The van der Waals surface area contributed by atoms with Crippen LogP contribution in [0.5, 0.6) is 0 Å². The normalized spacial score (nSPS) is 19.5. The lowest BCUT2D eigenvalue weighted by molar-refractivity contribution is -0.144. The number of rotatable bonds is 16. The number of likely N-dealkylation sites (tertiary alicyclic amines) is 1. The average molecular weight is 769 g/mol. The Morgan fingerprint density at radius 3 is 2.05 bits per heavy atom. The highest BCUT2D eigenvalue weighted by atomic mass is 16.6. The molecule has 5 unspecified atom stereocenters. The molecule has 55 heavy (non-hydrogen) atoms. The Morgan fingerprint density at radius 2 is 1.53 bits per heavy atom. The van der Waals surface area contributed by atoms with Crippen LogP contribution in [0.3, 0.4) is 0 Å². The van der Waals surface area contributed by atoms with Crippen molar-refractivity contribution < 1.29 is 38.3 Å². The summed E-state index contributed by atoms with van der Waals surface area (Å²) in [6.07, 6.45) is 4.22. The fourth-order valence-corrected chi connectivity index (χ4v) is 6.93. The summed E-state index contributed by atoms with van der Waals surface area (Å²) in [7, 11) is 3.13. The predicted octanol–water partition coefficient (Wildman–Crippen LogP) is 3.89. The van der Waals surface area contributed by atoms with Gasteiger partial charge in [-0.25, -0.2) is 4.79 Å². The smallest absolute Gasteiger partial charge is 0.408 e. The summed E-state index contributed by atoms with van der Waals surface area (Å²) >= 11 is 0. The van der Waals surface area contributed by atoms with Crippen molar-refractivity contribution in [1.82, 2.24) is 31.1 Å². The van der Waals surface area contributed by atoms with Crippen molar-refractivity contribution in [3.8, 4) is 0 Å². The molecular formula is C41H64N6O8. The van der Waals surface area contributed by atoms with Crippen molar-refractivity contribution >= 4 is 41.4 Å². The number of hydrogen-bond donors (Lipinski definition) is 4. The van der Waals surface area contributed by atoms with Gasteiger partial charge < -0.3 is 35.8 Å². The fourth-order valence-electron chi connectivity index (χ4n) is 6.93. The summed E-state index contributed by atoms with van der Waals surface area (Å²) in [5.41, 5.74) is -0.973. The maximum absolute atomic E-state index is 14.3. The van der Waals surface area contributed by atoms with E-state index < -0.39 is 77.2 Å². The zero-order valence-corrected chi connectivity index (χ0v) is 34.5. The number of Topliss-reactive ketones (excluding diaryl/α,β-unsaturated/α-hetero) is 1. The van der Waals surface area contributed by atoms with Crippen molar-refractivity contribution in [2.75, 3.05) is 27.2 Å². The van der Waals surface area contributed by atoms with Gasteiger partial charge in [0, 0.05) is 20.6 Å². The summed E-state index contributed by atoms with van der Waals surface area (Å²) in [6, 6.07) is 4.53. The minimum absolute atomic E-state index is 0.00141. The molecule has 0 bridgehead atoms. The molecule has 3 rings (SSSR count). The first-order chi connectivity index (χ1) is 25.6. The number of alkyl carbamates (subject to hydrolysis) is 1. The van der Waals surface area contributed by atoms with Gasteiger partial charge in [0.05, 0.1) is 12.6 Å². The van der Waals surface area contributed by atoms with E-state index in [-0.39, 0.29) is 24.2 Å². The van der Waals surface area contributed by atoms with Crippen LogP contribution in [0, 0.1) is 23.2 Å². The molecule has 4 N–H and O–H groups in total. The van der Waals surface area contributed by atoms with Crippen molar-refractivity contribution in [3.05, 3.63) is 35.9 Å². The van der Waals surface area contributed by atoms with E-state index >= 15 is 0 Å². The molecule has 1 saturated heterocycles. The lowest BCUT2D eigenvalue weighted by atomic mass is 9.80. The minimum Gasteiger partial charge on any atom is -0.444 e. The summed E-state index contributed by atoms with van der Waals surface area (Å²) in [5.74, 6) is -3.51. The molecule has 14 heteroatoms. The summed E-state index contributed by atoms with van der Waals surface area (Å²) in [4.78, 5) is 97.1. The largest absolute Gasteiger partial charge is 0.444 e. The molecule has 0 aromatic heterocycles. The van der Waals surface area contributed by atoms with Gasteiger partial charge in [-0.1, -0.05) is 90.6 Å². The number of nitrogens with zero attached hydrogens (tertiary/aromatic N) is 2. The van der Waals surface area contributed by atoms with Gasteiger partial charge in [-0.05, 0) is 68.8 Å². The second-order valence-electron chi connectivity index (χ2n) is 17.6. The Bertz CT molecular complexity index is 1530. The average Bonchev–Trinajstić information content (AvgIpc) is 3.51. The van der Waals surface area contributed by atoms with E-state index in [4.69, 9.17) is 4.74 Å². The van der Waals surface area contributed by atoms with Crippen LogP contribution < -0.4 is 21.3 Å². The van der Waals surface area contributed by atoms with Gasteiger partial charge in [-0.15, -0.1) is 0 Å². The third-order valence-electron chi connectivity index (χ3n) is 10.4. The summed E-state index contributed by atoms with van der Waals surface area (Å²) in [6.45, 7) is 14.6. The highest BCUT2D eigenvalue weighted by Gasteiger charge is 2.46. The van der Waals surface area contributed by atoms with E-state index in [1.54, 1.807) is 65.2 Å². The highest BCUT2D eigenvalue weighted by molar-refractivity contribution is 6.38. The highest BCUT2D eigenvalue weighted by Crippen LogP contribution is 2.34. The quantitative estimate of drug-likeness (QED) is 0.183. The number of carbonyl (C=O) groups excluding carboxylic acids is 7. The van der Waals surface area contributed by atoms with Gasteiger partial charge in [0.15, 0.2) is 0 Å². The van der Waals surface area contributed by atoms with Gasteiger partial charge >= 0.3 is 6.09 Å². The van der Waals surface area contributed by atoms with Crippen LogP contribution in [0.15, 0.2) is 30.3 Å². The van der Waals surface area contributed by atoms with Gasteiger partial charge in [0.1, 0.15) is 23.7 Å². The molecular weight excluding hydrogens is 704 g/mol. The first-order valence-corrected chi connectivity index (χ1v) is 19.6. The van der Waals surface area contributed by atoms with E-state index in [9.17, 15) is 33.6 Å². The number of likely N-dealkylation sites (N-methyl/N-ethyl adjacent to an activating group) is 1. The third-order valence-corrected chi connectivity index (χ3v) is 10.4. The molecule has 0 radical (unpaired) electrons. The minimum atomic E-state index is -1.18. The molecule has 0 spiro atoms.